The summed E-state index contributed by atoms with van der Waals surface area (Å²) in [5, 5.41) is 10.4. The molecule has 0 aliphatic heterocycles. The third-order valence-electron chi connectivity index (χ3n) is 13.4. The summed E-state index contributed by atoms with van der Waals surface area (Å²) >= 11 is 0. The van der Waals surface area contributed by atoms with E-state index in [0.717, 1.165) is 111 Å². The summed E-state index contributed by atoms with van der Waals surface area (Å²) in [4.78, 5) is 10.1. The number of hydrogen-bond donors (Lipinski definition) is 0. The molecule has 4 aromatic heterocycles. The Bertz CT molecular complexity index is 4030. The molecule has 0 atom stereocenters. The summed E-state index contributed by atoms with van der Waals surface area (Å²) in [5.41, 5.74) is 15.9. The van der Waals surface area contributed by atoms with Crippen molar-refractivity contribution in [1.82, 2.24) is 19.1 Å². The molecule has 0 aliphatic carbocycles. The second-order valence-electron chi connectivity index (χ2n) is 17.0. The molecule has 5 heteroatoms. The van der Waals surface area contributed by atoms with Crippen molar-refractivity contribution in [3.05, 3.63) is 219 Å². The van der Waals surface area contributed by atoms with Crippen LogP contribution in [0.1, 0.15) is 0 Å². The van der Waals surface area contributed by atoms with E-state index in [2.05, 4.69) is 209 Å². The molecule has 0 saturated heterocycles. The first-order valence-electron chi connectivity index (χ1n) is 22.0. The summed E-state index contributed by atoms with van der Waals surface area (Å²) in [5.74, 6) is 0. The Morgan fingerprint density at radius 1 is 0.338 bits per heavy atom. The molecule has 65 heavy (non-hydrogen) atoms. The van der Waals surface area contributed by atoms with Crippen LogP contribution >= 0.6 is 0 Å². The van der Waals surface area contributed by atoms with Crippen molar-refractivity contribution in [3.63, 3.8) is 0 Å². The normalized spacial score (nSPS) is 12.0. The van der Waals surface area contributed by atoms with Crippen LogP contribution in [0.5, 0.6) is 0 Å². The van der Waals surface area contributed by atoms with E-state index in [0.29, 0.717) is 0 Å². The van der Waals surface area contributed by atoms with Crippen LogP contribution in [0.15, 0.2) is 223 Å². The van der Waals surface area contributed by atoms with Gasteiger partial charge in [-0.3, -0.25) is 0 Å². The number of fused-ring (bicyclic) bond motifs is 12. The van der Waals surface area contributed by atoms with E-state index in [4.69, 9.17) is 14.4 Å². The minimum atomic E-state index is 0.887. The number of rotatable bonds is 5. The summed E-state index contributed by atoms with van der Waals surface area (Å²) in [6, 6.07) is 76.3. The molecule has 0 unspecified atom stereocenters. The molecule has 14 aromatic rings. The number of hydrogen-bond acceptors (Lipinski definition) is 3. The molecule has 0 aliphatic rings. The van der Waals surface area contributed by atoms with Gasteiger partial charge in [-0.05, 0) is 88.8 Å². The highest BCUT2D eigenvalue weighted by Crippen LogP contribution is 2.41. The second-order valence-corrected chi connectivity index (χ2v) is 17.0. The van der Waals surface area contributed by atoms with Crippen LogP contribution in [0.4, 0.5) is 0 Å². The van der Waals surface area contributed by atoms with E-state index < -0.39 is 0 Å². The first-order chi connectivity index (χ1) is 32.2. The maximum atomic E-state index is 6.43. The third kappa shape index (κ3) is 5.39. The summed E-state index contributed by atoms with van der Waals surface area (Å²) < 4.78 is 11.2. The average molecular weight is 829 g/mol. The van der Waals surface area contributed by atoms with Crippen LogP contribution in [-0.2, 0) is 0 Å². The second kappa shape index (κ2) is 13.9. The van der Waals surface area contributed by atoms with Gasteiger partial charge in [0.15, 0.2) is 0 Å². The Hall–Kier alpha value is -8.80. The van der Waals surface area contributed by atoms with Crippen molar-refractivity contribution < 1.29 is 4.42 Å². The minimum absolute atomic E-state index is 0.887. The van der Waals surface area contributed by atoms with E-state index in [-0.39, 0.29) is 0 Å². The van der Waals surface area contributed by atoms with E-state index in [1.807, 2.05) is 12.1 Å². The fourth-order valence-corrected chi connectivity index (χ4v) is 10.5. The Balaban J connectivity index is 0.942. The zero-order chi connectivity index (χ0) is 42.6. The van der Waals surface area contributed by atoms with Crippen molar-refractivity contribution in [2.24, 2.45) is 0 Å². The molecule has 0 fully saturated rings. The van der Waals surface area contributed by atoms with E-state index in [1.54, 1.807) is 6.33 Å². The maximum Gasteiger partial charge on any atom is 0.143 e. The summed E-state index contributed by atoms with van der Waals surface area (Å²) in [7, 11) is 0. The first kappa shape index (κ1) is 35.8. The zero-order valence-electron chi connectivity index (χ0n) is 35.0. The summed E-state index contributed by atoms with van der Waals surface area (Å²) in [6.07, 6.45) is 1.72. The van der Waals surface area contributed by atoms with Gasteiger partial charge in [-0.2, -0.15) is 0 Å². The van der Waals surface area contributed by atoms with Crippen LogP contribution in [0.25, 0.3) is 132 Å². The van der Waals surface area contributed by atoms with Gasteiger partial charge in [0, 0.05) is 65.6 Å². The molecule has 0 spiro atoms. The van der Waals surface area contributed by atoms with Crippen LogP contribution < -0.4 is 0 Å². The smallest absolute Gasteiger partial charge is 0.143 e. The Labute approximate surface area is 372 Å². The lowest BCUT2D eigenvalue weighted by molar-refractivity contribution is 0.670. The molecule has 14 rings (SSSR count). The lowest BCUT2D eigenvalue weighted by Crippen LogP contribution is -2.01. The number of nitrogens with zero attached hydrogens (tertiary/aromatic N) is 4. The van der Waals surface area contributed by atoms with Crippen LogP contribution in [0.2, 0.25) is 0 Å². The lowest BCUT2D eigenvalue weighted by Gasteiger charge is -2.16. The molecule has 0 amide bonds. The van der Waals surface area contributed by atoms with Gasteiger partial charge >= 0.3 is 0 Å². The van der Waals surface area contributed by atoms with Gasteiger partial charge in [-0.1, -0.05) is 146 Å². The molecule has 0 radical (unpaired) electrons. The van der Waals surface area contributed by atoms with Gasteiger partial charge in [0.25, 0.3) is 0 Å². The standard InChI is InChI=1S/C60H36N4O/c1-6-22-53-46(15-1)47-16-2-7-23-54(47)63(53)42-33-41(34-43(35-42)64-55-24-8-3-17-48(55)49-18-4-9-25-56(49)64)58-52-30-28-40-32-38(27-29-44(40)59(52)62-36-61-58)37-13-11-14-39(31-37)45-20-12-21-51-50-19-5-10-26-57(50)65-60(45)51/h1-36H. The number of para-hydroxylation sites is 6. The highest BCUT2D eigenvalue weighted by molar-refractivity contribution is 6.13. The molecular formula is C60H36N4O. The number of benzene rings is 10. The molecule has 0 N–H and O–H groups in total. The minimum Gasteiger partial charge on any atom is -0.455 e. The van der Waals surface area contributed by atoms with E-state index in [9.17, 15) is 0 Å². The van der Waals surface area contributed by atoms with Gasteiger partial charge in [-0.15, -0.1) is 0 Å². The predicted octanol–water partition coefficient (Wildman–Crippen LogP) is 15.9. The average Bonchev–Trinajstić information content (AvgIpc) is 4.04. The van der Waals surface area contributed by atoms with Crippen molar-refractivity contribution >= 4 is 87.2 Å². The van der Waals surface area contributed by atoms with Crippen LogP contribution in [0, 0.1) is 0 Å². The molecule has 5 nitrogen and oxygen atoms in total. The van der Waals surface area contributed by atoms with Gasteiger partial charge < -0.3 is 13.6 Å². The Morgan fingerprint density at radius 2 is 0.877 bits per heavy atom. The maximum absolute atomic E-state index is 6.43. The SMILES string of the molecule is c1cc(-c2ccc3c(ccc4c(-c5cc(-n6c7ccccc7c7ccccc76)cc(-n6c7ccccc7c7ccccc76)c5)ncnc43)c2)cc(-c2cccc3c2oc2ccccc23)c1. The number of aromatic nitrogens is 4. The largest absolute Gasteiger partial charge is 0.455 e. The van der Waals surface area contributed by atoms with Gasteiger partial charge in [-0.25, -0.2) is 9.97 Å². The van der Waals surface area contributed by atoms with E-state index in [1.165, 1.54) is 21.5 Å². The fraction of sp³-hybridized carbons (Fsp3) is 0. The van der Waals surface area contributed by atoms with Crippen molar-refractivity contribution in [2.45, 2.75) is 0 Å². The fourth-order valence-electron chi connectivity index (χ4n) is 10.5. The highest BCUT2D eigenvalue weighted by Gasteiger charge is 2.20. The van der Waals surface area contributed by atoms with Gasteiger partial charge in [0.1, 0.15) is 17.5 Å². The predicted molar refractivity (Wildman–Crippen MR) is 269 cm³/mol. The Kier molecular flexibility index (Phi) is 7.62. The monoisotopic (exact) mass is 828 g/mol. The lowest BCUT2D eigenvalue weighted by atomic mass is 9.95. The Morgan fingerprint density at radius 3 is 1.54 bits per heavy atom. The highest BCUT2D eigenvalue weighted by atomic mass is 16.3. The van der Waals surface area contributed by atoms with Crippen molar-refractivity contribution in [3.8, 4) is 44.9 Å². The molecular weight excluding hydrogens is 793 g/mol. The topological polar surface area (TPSA) is 48.8 Å². The molecule has 302 valence electrons. The van der Waals surface area contributed by atoms with Crippen LogP contribution in [-0.4, -0.2) is 19.1 Å². The van der Waals surface area contributed by atoms with Crippen molar-refractivity contribution in [2.75, 3.05) is 0 Å². The quantitative estimate of drug-likeness (QED) is 0.162. The summed E-state index contributed by atoms with van der Waals surface area (Å²) in [6.45, 7) is 0. The third-order valence-corrected chi connectivity index (χ3v) is 13.4. The van der Waals surface area contributed by atoms with E-state index >= 15 is 0 Å². The first-order valence-corrected chi connectivity index (χ1v) is 22.0. The molecule has 4 heterocycles. The number of furan rings is 1. The molecule has 0 bridgehead atoms. The zero-order valence-corrected chi connectivity index (χ0v) is 35.0. The van der Waals surface area contributed by atoms with Crippen molar-refractivity contribution in [1.29, 1.82) is 0 Å². The van der Waals surface area contributed by atoms with Gasteiger partial charge in [0.05, 0.1) is 33.3 Å². The molecule has 0 saturated carbocycles. The van der Waals surface area contributed by atoms with Crippen LogP contribution in [0.3, 0.4) is 0 Å². The molecule has 10 aromatic carbocycles. The van der Waals surface area contributed by atoms with Gasteiger partial charge in [0.2, 0.25) is 0 Å².